The number of para-hydroxylation sites is 1. The van der Waals surface area contributed by atoms with Crippen LogP contribution in [0.4, 0.5) is 0 Å². The Morgan fingerprint density at radius 3 is 2.27 bits per heavy atom. The van der Waals surface area contributed by atoms with Crippen molar-refractivity contribution >= 4 is 22.8 Å². The molecule has 9 heteroatoms. The van der Waals surface area contributed by atoms with E-state index in [1.54, 1.807) is 19.4 Å². The van der Waals surface area contributed by atoms with Crippen molar-refractivity contribution in [2.75, 3.05) is 54.0 Å². The molecule has 3 heterocycles. The molecule has 4 aromatic carbocycles. The lowest BCUT2D eigenvalue weighted by Crippen LogP contribution is -2.53. The molecule has 7 rings (SSSR count). The van der Waals surface area contributed by atoms with Gasteiger partial charge in [-0.3, -0.25) is 9.69 Å². The molecule has 1 fully saturated rings. The minimum atomic E-state index is -0.447. The Bertz CT molecular complexity index is 1960. The Morgan fingerprint density at radius 1 is 0.796 bits per heavy atom. The lowest BCUT2D eigenvalue weighted by molar-refractivity contribution is 0.0534. The van der Waals surface area contributed by atoms with E-state index in [2.05, 4.69) is 35.0 Å². The van der Waals surface area contributed by atoms with Gasteiger partial charge in [0.15, 0.2) is 11.5 Å². The first-order chi connectivity index (χ1) is 23.9. The Kier molecular flexibility index (Phi) is 9.37. The third-order valence-electron chi connectivity index (χ3n) is 9.81. The van der Waals surface area contributed by atoms with E-state index in [-0.39, 0.29) is 11.9 Å². The van der Waals surface area contributed by atoms with E-state index in [9.17, 15) is 4.79 Å². The summed E-state index contributed by atoms with van der Waals surface area (Å²) in [6.07, 6.45) is 2.52. The maximum atomic E-state index is 15.2. The molecule has 2 aliphatic rings. The zero-order valence-corrected chi connectivity index (χ0v) is 28.3. The van der Waals surface area contributed by atoms with Crippen LogP contribution in [0.1, 0.15) is 37.4 Å². The number of piperazine rings is 1. The second-order valence-corrected chi connectivity index (χ2v) is 12.9. The summed E-state index contributed by atoms with van der Waals surface area (Å²) in [6.45, 7) is 5.54. The fourth-order valence-corrected chi connectivity index (χ4v) is 7.05. The van der Waals surface area contributed by atoms with E-state index in [0.29, 0.717) is 41.5 Å². The molecular formula is C40H42N4O5. The molecule has 0 spiro atoms. The Labute approximate surface area is 287 Å². The van der Waals surface area contributed by atoms with Gasteiger partial charge in [0, 0.05) is 63.0 Å². The van der Waals surface area contributed by atoms with Gasteiger partial charge in [-0.15, -0.1) is 0 Å². The fraction of sp³-hybridized carbons (Fsp3) is 0.300. The Hall–Kier alpha value is -5.12. The van der Waals surface area contributed by atoms with E-state index in [0.717, 1.165) is 61.2 Å². The van der Waals surface area contributed by atoms with Crippen molar-refractivity contribution in [3.63, 3.8) is 0 Å². The number of methoxy groups -OCH3 is 2. The third-order valence-corrected chi connectivity index (χ3v) is 9.81. The quantitative estimate of drug-likeness (QED) is 0.185. The number of esters is 1. The molecule has 0 saturated carbocycles. The Morgan fingerprint density at radius 2 is 1.51 bits per heavy atom. The van der Waals surface area contributed by atoms with Crippen molar-refractivity contribution in [1.82, 2.24) is 19.3 Å². The number of likely N-dealkylation sites (N-methyl/N-ethyl adjacent to an activating group) is 1. The monoisotopic (exact) mass is 658 g/mol. The van der Waals surface area contributed by atoms with E-state index >= 15 is 4.79 Å². The zero-order valence-electron chi connectivity index (χ0n) is 28.3. The first-order valence-electron chi connectivity index (χ1n) is 16.8. The smallest absolute Gasteiger partial charge is 0.340 e. The van der Waals surface area contributed by atoms with Crippen LogP contribution in [-0.2, 0) is 24.3 Å². The van der Waals surface area contributed by atoms with Gasteiger partial charge in [0.25, 0.3) is 5.91 Å². The van der Waals surface area contributed by atoms with E-state index in [1.165, 1.54) is 12.7 Å². The number of amides is 1. The molecule has 1 saturated heterocycles. The second-order valence-electron chi connectivity index (χ2n) is 12.9. The molecule has 2 aliphatic heterocycles. The molecule has 0 bridgehead atoms. The molecule has 1 amide bonds. The van der Waals surface area contributed by atoms with Gasteiger partial charge in [-0.05, 0) is 42.3 Å². The van der Waals surface area contributed by atoms with E-state index < -0.39 is 5.97 Å². The highest BCUT2D eigenvalue weighted by molar-refractivity contribution is 6.06. The standard InChI is InChI=1S/C40H42N4O5/c1-41-17-19-42(20-18-41)25-31-21-29-13-7-8-14-30(29)24-43(31)39(45)33-22-38(49-27-28-11-5-4-6-12-28)37(47-2)23-36(33)44-26-34(40(46)48-3)32-15-9-10-16-35(32)44/h4-16,22-23,26,31H,17-21,24-25,27H2,1-3H3/t31-/m0/s1. The summed E-state index contributed by atoms with van der Waals surface area (Å²) in [6, 6.07) is 29.6. The normalized spacial score (nSPS) is 16.7. The van der Waals surface area contributed by atoms with Gasteiger partial charge < -0.3 is 28.6 Å². The summed E-state index contributed by atoms with van der Waals surface area (Å²) in [5.41, 5.74) is 5.68. The number of hydrogen-bond donors (Lipinski definition) is 0. The van der Waals surface area contributed by atoms with Crippen LogP contribution in [0.5, 0.6) is 11.5 Å². The molecule has 0 radical (unpaired) electrons. The number of ether oxygens (including phenoxy) is 3. The minimum Gasteiger partial charge on any atom is -0.493 e. The number of benzene rings is 4. The largest absolute Gasteiger partial charge is 0.493 e. The average molecular weight is 659 g/mol. The number of nitrogens with zero attached hydrogens (tertiary/aromatic N) is 4. The van der Waals surface area contributed by atoms with Crippen molar-refractivity contribution in [2.45, 2.75) is 25.6 Å². The average Bonchev–Trinajstić information content (AvgIpc) is 3.53. The van der Waals surface area contributed by atoms with Crippen LogP contribution < -0.4 is 9.47 Å². The fourth-order valence-electron chi connectivity index (χ4n) is 7.05. The zero-order chi connectivity index (χ0) is 33.9. The van der Waals surface area contributed by atoms with Gasteiger partial charge >= 0.3 is 5.97 Å². The summed E-state index contributed by atoms with van der Waals surface area (Å²) >= 11 is 0. The van der Waals surface area contributed by atoms with Crippen LogP contribution >= 0.6 is 0 Å². The number of aromatic nitrogens is 1. The van der Waals surface area contributed by atoms with Crippen LogP contribution in [0.3, 0.4) is 0 Å². The van der Waals surface area contributed by atoms with Gasteiger partial charge in [0.1, 0.15) is 6.61 Å². The van der Waals surface area contributed by atoms with Crippen LogP contribution in [0.2, 0.25) is 0 Å². The maximum absolute atomic E-state index is 15.2. The van der Waals surface area contributed by atoms with E-state index in [1.807, 2.05) is 76.2 Å². The van der Waals surface area contributed by atoms with Crippen molar-refractivity contribution in [2.24, 2.45) is 0 Å². The predicted octanol–water partition coefficient (Wildman–Crippen LogP) is 5.82. The van der Waals surface area contributed by atoms with E-state index in [4.69, 9.17) is 14.2 Å². The SMILES string of the molecule is COC(=O)c1cn(-c2cc(OC)c(OCc3ccccc3)cc2C(=O)N2Cc3ccccc3C[C@H]2CN2CCN(C)CC2)c2ccccc12. The molecule has 252 valence electrons. The molecule has 1 atom stereocenters. The van der Waals surface area contributed by atoms with Gasteiger partial charge in [0.2, 0.25) is 0 Å². The molecule has 49 heavy (non-hydrogen) atoms. The van der Waals surface area contributed by atoms with Gasteiger partial charge in [-0.2, -0.15) is 0 Å². The van der Waals surface area contributed by atoms with Crippen molar-refractivity contribution in [3.05, 3.63) is 125 Å². The molecule has 0 N–H and O–H groups in total. The lowest BCUT2D eigenvalue weighted by Gasteiger charge is -2.41. The highest BCUT2D eigenvalue weighted by atomic mass is 16.5. The molecule has 5 aromatic rings. The number of fused-ring (bicyclic) bond motifs is 2. The van der Waals surface area contributed by atoms with Crippen LogP contribution in [0.25, 0.3) is 16.6 Å². The first-order valence-corrected chi connectivity index (χ1v) is 16.8. The first kappa shape index (κ1) is 32.4. The highest BCUT2D eigenvalue weighted by Crippen LogP contribution is 2.38. The van der Waals surface area contributed by atoms with Crippen molar-refractivity contribution < 1.29 is 23.8 Å². The lowest BCUT2D eigenvalue weighted by atomic mass is 9.92. The van der Waals surface area contributed by atoms with Crippen LogP contribution in [-0.4, -0.2) is 91.2 Å². The molecule has 1 aromatic heterocycles. The second kappa shape index (κ2) is 14.2. The molecule has 9 nitrogen and oxygen atoms in total. The topological polar surface area (TPSA) is 76.5 Å². The van der Waals surface area contributed by atoms with Gasteiger partial charge in [0.05, 0.1) is 36.6 Å². The van der Waals surface area contributed by atoms with Crippen molar-refractivity contribution in [3.8, 4) is 17.2 Å². The summed E-state index contributed by atoms with van der Waals surface area (Å²) in [7, 11) is 5.13. The van der Waals surface area contributed by atoms with Crippen molar-refractivity contribution in [1.29, 1.82) is 0 Å². The minimum absolute atomic E-state index is 0.0264. The summed E-state index contributed by atoms with van der Waals surface area (Å²) in [5.74, 6) is 0.403. The number of hydrogen-bond acceptors (Lipinski definition) is 7. The van der Waals surface area contributed by atoms with Gasteiger partial charge in [-0.25, -0.2) is 4.79 Å². The number of carbonyl (C=O) groups excluding carboxylic acids is 2. The summed E-state index contributed by atoms with van der Waals surface area (Å²) < 4.78 is 19.3. The molecule has 0 aliphatic carbocycles. The van der Waals surface area contributed by atoms with Gasteiger partial charge in [-0.1, -0.05) is 72.8 Å². The molecular weight excluding hydrogens is 616 g/mol. The van der Waals surface area contributed by atoms with Crippen LogP contribution in [0.15, 0.2) is 97.2 Å². The third kappa shape index (κ3) is 6.64. The highest BCUT2D eigenvalue weighted by Gasteiger charge is 2.34. The predicted molar refractivity (Wildman–Crippen MR) is 190 cm³/mol. The number of carbonyl (C=O) groups is 2. The summed E-state index contributed by atoms with van der Waals surface area (Å²) in [4.78, 5) is 35.0. The maximum Gasteiger partial charge on any atom is 0.340 e. The van der Waals surface area contributed by atoms with Crippen LogP contribution in [0, 0.1) is 0 Å². The Balaban J connectivity index is 1.35. The summed E-state index contributed by atoms with van der Waals surface area (Å²) in [5, 5.41) is 0.732. The number of rotatable bonds is 9. The molecule has 0 unspecified atom stereocenters.